The molecule has 0 unspecified atom stereocenters. The van der Waals surface area contributed by atoms with Crippen LogP contribution in [0.3, 0.4) is 0 Å². The van der Waals surface area contributed by atoms with Crippen LogP contribution in [0.2, 0.25) is 0 Å². The summed E-state index contributed by atoms with van der Waals surface area (Å²) in [5.41, 5.74) is 5.11. The van der Waals surface area contributed by atoms with Crippen molar-refractivity contribution in [2.45, 2.75) is 10.2 Å². The molecule has 9 heteroatoms. The smallest absolute Gasteiger partial charge is 0.343 e. The number of H-pyrrole nitrogens is 1. The van der Waals surface area contributed by atoms with Crippen molar-refractivity contribution in [3.63, 3.8) is 0 Å². The number of aromatic nitrogens is 4. The van der Waals surface area contributed by atoms with Crippen molar-refractivity contribution in [1.29, 1.82) is 0 Å². The molecule has 0 bridgehead atoms. The van der Waals surface area contributed by atoms with Gasteiger partial charge in [-0.25, -0.2) is 15.0 Å². The maximum absolute atomic E-state index is 10.8. The minimum atomic E-state index is -0.611. The summed E-state index contributed by atoms with van der Waals surface area (Å²) in [5.74, 6) is -0.158. The molecular weight excluding hydrogens is 232 g/mol. The average molecular weight is 238 g/mol. The van der Waals surface area contributed by atoms with Crippen molar-refractivity contribution in [3.8, 4) is 0 Å². The van der Waals surface area contributed by atoms with Crippen LogP contribution >= 0.6 is 11.8 Å². The lowest BCUT2D eigenvalue weighted by Gasteiger charge is -2.00. The van der Waals surface area contributed by atoms with Gasteiger partial charge in [-0.2, -0.15) is 0 Å². The van der Waals surface area contributed by atoms with Crippen molar-refractivity contribution < 1.29 is 4.92 Å². The normalized spacial score (nSPS) is 10.2. The number of hydrogen-bond acceptors (Lipinski definition) is 7. The molecule has 82 valence electrons. The molecule has 2 heterocycles. The van der Waals surface area contributed by atoms with Gasteiger partial charge in [0.1, 0.15) is 6.33 Å². The first-order valence-electron chi connectivity index (χ1n) is 4.10. The molecule has 0 atom stereocenters. The zero-order valence-corrected chi connectivity index (χ0v) is 8.64. The monoisotopic (exact) mass is 238 g/mol. The molecule has 16 heavy (non-hydrogen) atoms. The molecule has 0 amide bonds. The number of nitro groups is 1. The van der Waals surface area contributed by atoms with Crippen LogP contribution in [-0.2, 0) is 0 Å². The highest BCUT2D eigenvalue weighted by Crippen LogP contribution is 2.33. The minimum Gasteiger partial charge on any atom is -0.378 e. The van der Waals surface area contributed by atoms with Gasteiger partial charge in [0.15, 0.2) is 10.2 Å². The van der Waals surface area contributed by atoms with Crippen LogP contribution < -0.4 is 5.73 Å². The molecule has 3 N–H and O–H groups in total. The number of nitrogens with zero attached hydrogens (tertiary/aromatic N) is 4. The molecule has 0 saturated heterocycles. The minimum absolute atomic E-state index is 0.158. The molecule has 2 rings (SSSR count). The van der Waals surface area contributed by atoms with Crippen molar-refractivity contribution in [3.05, 3.63) is 28.8 Å². The van der Waals surface area contributed by atoms with E-state index < -0.39 is 4.92 Å². The Kier molecular flexibility index (Phi) is 2.68. The van der Waals surface area contributed by atoms with E-state index in [1.165, 1.54) is 6.33 Å². The van der Waals surface area contributed by atoms with Gasteiger partial charge in [-0.15, -0.1) is 0 Å². The largest absolute Gasteiger partial charge is 0.378 e. The van der Waals surface area contributed by atoms with E-state index in [-0.39, 0.29) is 16.5 Å². The lowest BCUT2D eigenvalue weighted by atomic mass is 10.5. The molecule has 0 fully saturated rings. The second kappa shape index (κ2) is 4.14. The Bertz CT molecular complexity index is 514. The Morgan fingerprint density at radius 1 is 1.44 bits per heavy atom. The molecular formula is C7H6N6O2S. The highest BCUT2D eigenvalue weighted by molar-refractivity contribution is 7.99. The zero-order valence-electron chi connectivity index (χ0n) is 7.82. The van der Waals surface area contributed by atoms with E-state index in [2.05, 4.69) is 19.9 Å². The standard InChI is InChI=1S/C7H6N6O2S/c8-5-4(13(14)15)6(12-3-11-5)16-7-9-1-2-10-7/h1-3H,(H,9,10)(H2,8,11,12). The van der Waals surface area contributed by atoms with Crippen LogP contribution in [0.5, 0.6) is 0 Å². The van der Waals surface area contributed by atoms with E-state index in [9.17, 15) is 10.1 Å². The maximum atomic E-state index is 10.8. The summed E-state index contributed by atoms with van der Waals surface area (Å²) in [6, 6.07) is 0. The van der Waals surface area contributed by atoms with Gasteiger partial charge in [-0.3, -0.25) is 10.1 Å². The van der Waals surface area contributed by atoms with Crippen LogP contribution in [0.25, 0.3) is 0 Å². The lowest BCUT2D eigenvalue weighted by Crippen LogP contribution is -2.01. The topological polar surface area (TPSA) is 124 Å². The molecule has 0 radical (unpaired) electrons. The van der Waals surface area contributed by atoms with Gasteiger partial charge in [-0.05, 0) is 11.8 Å². The number of nitrogens with two attached hydrogens (primary N) is 1. The Hall–Kier alpha value is -2.16. The fourth-order valence-corrected chi connectivity index (χ4v) is 1.82. The molecule has 0 aromatic carbocycles. The Morgan fingerprint density at radius 2 is 2.25 bits per heavy atom. The van der Waals surface area contributed by atoms with Crippen LogP contribution in [0, 0.1) is 10.1 Å². The van der Waals surface area contributed by atoms with Crippen molar-refractivity contribution in [2.75, 3.05) is 5.73 Å². The number of imidazole rings is 1. The second-order valence-corrected chi connectivity index (χ2v) is 3.64. The Morgan fingerprint density at radius 3 is 2.88 bits per heavy atom. The van der Waals surface area contributed by atoms with Crippen LogP contribution in [-0.4, -0.2) is 24.9 Å². The maximum Gasteiger partial charge on any atom is 0.343 e. The Labute approximate surface area is 93.5 Å². The fourth-order valence-electron chi connectivity index (χ4n) is 1.02. The van der Waals surface area contributed by atoms with Gasteiger partial charge < -0.3 is 10.7 Å². The third-order valence-corrected chi connectivity index (χ3v) is 2.57. The summed E-state index contributed by atoms with van der Waals surface area (Å²) in [6.07, 6.45) is 4.32. The number of rotatable bonds is 3. The van der Waals surface area contributed by atoms with E-state index >= 15 is 0 Å². The van der Waals surface area contributed by atoms with E-state index in [0.29, 0.717) is 5.16 Å². The number of nitrogens with one attached hydrogen (secondary N) is 1. The van der Waals surface area contributed by atoms with Gasteiger partial charge in [-0.1, -0.05) is 0 Å². The van der Waals surface area contributed by atoms with Gasteiger partial charge in [0.2, 0.25) is 5.82 Å². The number of nitrogen functional groups attached to an aromatic ring is 1. The molecule has 8 nitrogen and oxygen atoms in total. The summed E-state index contributed by atoms with van der Waals surface area (Å²) < 4.78 is 0. The van der Waals surface area contributed by atoms with Gasteiger partial charge in [0, 0.05) is 12.4 Å². The van der Waals surface area contributed by atoms with Gasteiger partial charge in [0.05, 0.1) is 4.92 Å². The highest BCUT2D eigenvalue weighted by atomic mass is 32.2. The first-order chi connectivity index (χ1) is 7.68. The van der Waals surface area contributed by atoms with Crippen molar-refractivity contribution in [1.82, 2.24) is 19.9 Å². The second-order valence-electron chi connectivity index (χ2n) is 2.67. The van der Waals surface area contributed by atoms with E-state index in [0.717, 1.165) is 11.8 Å². The molecule has 0 aliphatic rings. The molecule has 0 saturated carbocycles. The zero-order chi connectivity index (χ0) is 11.5. The van der Waals surface area contributed by atoms with E-state index in [1.54, 1.807) is 12.4 Å². The number of aromatic amines is 1. The van der Waals surface area contributed by atoms with E-state index in [4.69, 9.17) is 5.73 Å². The van der Waals surface area contributed by atoms with Crippen molar-refractivity contribution >= 4 is 23.3 Å². The fraction of sp³-hybridized carbons (Fsp3) is 0. The third-order valence-electron chi connectivity index (χ3n) is 1.67. The predicted molar refractivity (Wildman–Crippen MR) is 55.8 cm³/mol. The predicted octanol–water partition coefficient (Wildman–Crippen LogP) is 0.841. The summed E-state index contributed by atoms with van der Waals surface area (Å²) in [7, 11) is 0. The molecule has 2 aromatic rings. The number of anilines is 1. The lowest BCUT2D eigenvalue weighted by molar-refractivity contribution is -0.387. The first-order valence-corrected chi connectivity index (χ1v) is 4.92. The van der Waals surface area contributed by atoms with E-state index in [1.807, 2.05) is 0 Å². The summed E-state index contributed by atoms with van der Waals surface area (Å²) in [6.45, 7) is 0. The highest BCUT2D eigenvalue weighted by Gasteiger charge is 2.22. The SMILES string of the molecule is Nc1ncnc(Sc2ncc[nH]2)c1[N+](=O)[O-]. The van der Waals surface area contributed by atoms with Gasteiger partial charge >= 0.3 is 5.69 Å². The van der Waals surface area contributed by atoms with Crippen LogP contribution in [0.1, 0.15) is 0 Å². The third kappa shape index (κ3) is 1.93. The Balaban J connectivity index is 2.40. The van der Waals surface area contributed by atoms with Crippen LogP contribution in [0.15, 0.2) is 28.9 Å². The first kappa shape index (κ1) is 10.4. The van der Waals surface area contributed by atoms with Crippen LogP contribution in [0.4, 0.5) is 11.5 Å². The summed E-state index contributed by atoms with van der Waals surface area (Å²) in [4.78, 5) is 24.3. The quantitative estimate of drug-likeness (QED) is 0.461. The average Bonchev–Trinajstić information content (AvgIpc) is 2.70. The molecule has 0 spiro atoms. The molecule has 2 aromatic heterocycles. The summed E-state index contributed by atoms with van der Waals surface area (Å²) in [5, 5.41) is 11.4. The van der Waals surface area contributed by atoms with Gasteiger partial charge in [0.25, 0.3) is 0 Å². The molecule has 0 aliphatic heterocycles. The molecule has 0 aliphatic carbocycles. The summed E-state index contributed by atoms with van der Waals surface area (Å²) >= 11 is 1.02. The van der Waals surface area contributed by atoms with Crippen molar-refractivity contribution in [2.24, 2.45) is 0 Å². The number of hydrogen-bond donors (Lipinski definition) is 2.